The zero-order valence-corrected chi connectivity index (χ0v) is 10.1. The van der Waals surface area contributed by atoms with Gasteiger partial charge in [0.05, 0.1) is 0 Å². The Labute approximate surface area is 93.2 Å². The van der Waals surface area contributed by atoms with E-state index in [0.717, 1.165) is 25.9 Å². The number of nitrogens with one attached hydrogen (secondary N) is 1. The van der Waals surface area contributed by atoms with Crippen molar-refractivity contribution in [1.82, 2.24) is 10.2 Å². The lowest BCUT2D eigenvalue weighted by Crippen LogP contribution is -2.38. The van der Waals surface area contributed by atoms with Crippen LogP contribution >= 0.6 is 0 Å². The van der Waals surface area contributed by atoms with Gasteiger partial charge in [0.15, 0.2) is 0 Å². The Kier molecular flexibility index (Phi) is 5.69. The number of unbranched alkanes of at least 4 members (excludes halogenated alkanes) is 2. The largest absolute Gasteiger partial charge is 0.344 e. The summed E-state index contributed by atoms with van der Waals surface area (Å²) in [6.07, 6.45) is 6.58. The molecule has 1 amide bonds. The van der Waals surface area contributed by atoms with Crippen LogP contribution in [0.15, 0.2) is 0 Å². The predicted octanol–water partition coefficient (Wildman–Crippen LogP) is 1.78. The average Bonchev–Trinajstić information content (AvgIpc) is 2.70. The molecule has 1 aliphatic heterocycles. The molecule has 0 aliphatic carbocycles. The van der Waals surface area contributed by atoms with Crippen LogP contribution in [-0.4, -0.2) is 37.0 Å². The lowest BCUT2D eigenvalue weighted by Gasteiger charge is -2.21. The maximum Gasteiger partial charge on any atom is 0.222 e. The average molecular weight is 212 g/mol. The van der Waals surface area contributed by atoms with Crippen LogP contribution in [0, 0.1) is 0 Å². The van der Waals surface area contributed by atoms with E-state index in [4.69, 9.17) is 0 Å². The molecule has 0 aromatic rings. The fourth-order valence-corrected chi connectivity index (χ4v) is 2.06. The van der Waals surface area contributed by atoms with Crippen molar-refractivity contribution in [2.75, 3.05) is 20.1 Å². The molecule has 1 aliphatic rings. The van der Waals surface area contributed by atoms with Crippen molar-refractivity contribution in [3.05, 3.63) is 0 Å². The van der Waals surface area contributed by atoms with Crippen LogP contribution in [0.25, 0.3) is 0 Å². The number of amides is 1. The van der Waals surface area contributed by atoms with Gasteiger partial charge in [-0.3, -0.25) is 4.79 Å². The Morgan fingerprint density at radius 3 is 2.87 bits per heavy atom. The minimum Gasteiger partial charge on any atom is -0.344 e. The van der Waals surface area contributed by atoms with Crippen LogP contribution in [0.3, 0.4) is 0 Å². The zero-order chi connectivity index (χ0) is 11.1. The van der Waals surface area contributed by atoms with Crippen molar-refractivity contribution < 1.29 is 4.79 Å². The van der Waals surface area contributed by atoms with Crippen molar-refractivity contribution in [1.29, 1.82) is 0 Å². The summed E-state index contributed by atoms with van der Waals surface area (Å²) in [4.78, 5) is 13.6. The lowest BCUT2D eigenvalue weighted by atomic mass is 10.1. The Morgan fingerprint density at radius 1 is 1.47 bits per heavy atom. The fraction of sp³-hybridized carbons (Fsp3) is 0.917. The van der Waals surface area contributed by atoms with E-state index in [1.165, 1.54) is 25.7 Å². The predicted molar refractivity (Wildman–Crippen MR) is 62.8 cm³/mol. The van der Waals surface area contributed by atoms with E-state index in [2.05, 4.69) is 12.2 Å². The van der Waals surface area contributed by atoms with E-state index >= 15 is 0 Å². The van der Waals surface area contributed by atoms with Crippen molar-refractivity contribution in [3.63, 3.8) is 0 Å². The first-order valence-corrected chi connectivity index (χ1v) is 6.21. The van der Waals surface area contributed by atoms with Crippen LogP contribution in [-0.2, 0) is 4.79 Å². The Bertz CT molecular complexity index is 188. The van der Waals surface area contributed by atoms with Crippen molar-refractivity contribution in [2.45, 2.75) is 51.5 Å². The molecule has 3 nitrogen and oxygen atoms in total. The zero-order valence-electron chi connectivity index (χ0n) is 10.1. The molecule has 88 valence electrons. The number of carbonyl (C=O) groups excluding carboxylic acids is 1. The molecular weight excluding hydrogens is 188 g/mol. The lowest BCUT2D eigenvalue weighted by molar-refractivity contribution is -0.130. The number of hydrogen-bond donors (Lipinski definition) is 1. The van der Waals surface area contributed by atoms with E-state index < -0.39 is 0 Å². The summed E-state index contributed by atoms with van der Waals surface area (Å²) in [6.45, 7) is 4.16. The molecule has 15 heavy (non-hydrogen) atoms. The second-order valence-electron chi connectivity index (χ2n) is 4.52. The van der Waals surface area contributed by atoms with E-state index in [1.807, 2.05) is 11.9 Å². The van der Waals surface area contributed by atoms with Crippen molar-refractivity contribution in [3.8, 4) is 0 Å². The first-order valence-electron chi connectivity index (χ1n) is 6.21. The van der Waals surface area contributed by atoms with E-state index in [9.17, 15) is 4.79 Å². The van der Waals surface area contributed by atoms with Gasteiger partial charge in [-0.15, -0.1) is 0 Å². The number of rotatable bonds is 6. The van der Waals surface area contributed by atoms with Crippen molar-refractivity contribution in [2.24, 2.45) is 0 Å². The third-order valence-electron chi connectivity index (χ3n) is 3.08. The van der Waals surface area contributed by atoms with Gasteiger partial charge in [0.25, 0.3) is 0 Å². The summed E-state index contributed by atoms with van der Waals surface area (Å²) in [5.74, 6) is 0.303. The van der Waals surface area contributed by atoms with Gasteiger partial charge in [0, 0.05) is 26.1 Å². The molecule has 1 unspecified atom stereocenters. The van der Waals surface area contributed by atoms with Crippen LogP contribution in [0.1, 0.15) is 45.4 Å². The highest BCUT2D eigenvalue weighted by atomic mass is 16.2. The second kappa shape index (κ2) is 6.83. The summed E-state index contributed by atoms with van der Waals surface area (Å²) >= 11 is 0. The number of hydrogen-bond acceptors (Lipinski definition) is 2. The first-order chi connectivity index (χ1) is 7.24. The minimum absolute atomic E-state index is 0.303. The highest BCUT2D eigenvalue weighted by Crippen LogP contribution is 2.08. The van der Waals surface area contributed by atoms with Gasteiger partial charge >= 0.3 is 0 Å². The van der Waals surface area contributed by atoms with Gasteiger partial charge in [-0.2, -0.15) is 0 Å². The molecule has 1 fully saturated rings. The SMILES string of the molecule is CCCCCC(=O)N(C)CC1CCCN1. The van der Waals surface area contributed by atoms with E-state index in [1.54, 1.807) is 0 Å². The molecule has 1 rings (SSSR count). The molecular formula is C12H24N2O. The minimum atomic E-state index is 0.303. The van der Waals surface area contributed by atoms with Gasteiger partial charge in [-0.1, -0.05) is 19.8 Å². The van der Waals surface area contributed by atoms with Crippen LogP contribution < -0.4 is 5.32 Å². The van der Waals surface area contributed by atoms with E-state index in [-0.39, 0.29) is 0 Å². The van der Waals surface area contributed by atoms with Gasteiger partial charge in [0.2, 0.25) is 5.91 Å². The maximum atomic E-state index is 11.7. The van der Waals surface area contributed by atoms with Crippen LogP contribution in [0.4, 0.5) is 0 Å². The molecule has 0 spiro atoms. The van der Waals surface area contributed by atoms with Gasteiger partial charge < -0.3 is 10.2 Å². The third-order valence-corrected chi connectivity index (χ3v) is 3.08. The summed E-state index contributed by atoms with van der Waals surface area (Å²) < 4.78 is 0. The summed E-state index contributed by atoms with van der Waals surface area (Å²) in [6, 6.07) is 0.533. The third kappa shape index (κ3) is 4.65. The maximum absolute atomic E-state index is 11.7. The van der Waals surface area contributed by atoms with Crippen LogP contribution in [0.2, 0.25) is 0 Å². The number of nitrogens with zero attached hydrogens (tertiary/aromatic N) is 1. The molecule has 0 aromatic carbocycles. The Balaban J connectivity index is 2.14. The Morgan fingerprint density at radius 2 is 2.27 bits per heavy atom. The topological polar surface area (TPSA) is 32.3 Å². The molecule has 1 saturated heterocycles. The first kappa shape index (κ1) is 12.5. The summed E-state index contributed by atoms with van der Waals surface area (Å²) in [7, 11) is 1.92. The molecule has 0 radical (unpaired) electrons. The number of carbonyl (C=O) groups is 1. The van der Waals surface area contributed by atoms with Crippen LogP contribution in [0.5, 0.6) is 0 Å². The van der Waals surface area contributed by atoms with Gasteiger partial charge in [-0.05, 0) is 25.8 Å². The smallest absolute Gasteiger partial charge is 0.222 e. The highest BCUT2D eigenvalue weighted by molar-refractivity contribution is 5.75. The standard InChI is InChI=1S/C12H24N2O/c1-3-4-5-8-12(15)14(2)10-11-7-6-9-13-11/h11,13H,3-10H2,1-2H3. The molecule has 0 aromatic heterocycles. The quantitative estimate of drug-likeness (QED) is 0.681. The van der Waals surface area contributed by atoms with Crippen molar-refractivity contribution >= 4 is 5.91 Å². The molecule has 1 N–H and O–H groups in total. The molecule has 0 bridgehead atoms. The fourth-order valence-electron chi connectivity index (χ4n) is 2.06. The second-order valence-corrected chi connectivity index (χ2v) is 4.52. The van der Waals surface area contributed by atoms with Gasteiger partial charge in [0.1, 0.15) is 0 Å². The molecule has 1 heterocycles. The number of likely N-dealkylation sites (N-methyl/N-ethyl adjacent to an activating group) is 1. The molecule has 1 atom stereocenters. The normalized spacial score (nSPS) is 20.5. The monoisotopic (exact) mass is 212 g/mol. The van der Waals surface area contributed by atoms with Gasteiger partial charge in [-0.25, -0.2) is 0 Å². The highest BCUT2D eigenvalue weighted by Gasteiger charge is 2.18. The summed E-state index contributed by atoms with van der Waals surface area (Å²) in [5, 5.41) is 3.42. The Hall–Kier alpha value is -0.570. The molecule has 0 saturated carbocycles. The molecule has 3 heteroatoms. The summed E-state index contributed by atoms with van der Waals surface area (Å²) in [5.41, 5.74) is 0. The van der Waals surface area contributed by atoms with E-state index in [0.29, 0.717) is 11.9 Å².